The molecule has 3 aliphatic rings. The first-order valence-electron chi connectivity index (χ1n) is 5.47. The molecule has 3 fully saturated rings. The van der Waals surface area contributed by atoms with Crippen molar-refractivity contribution in [3.63, 3.8) is 0 Å². The highest BCUT2D eigenvalue weighted by Gasteiger charge is 2.69. The van der Waals surface area contributed by atoms with Crippen LogP contribution in [0.15, 0.2) is 0 Å². The van der Waals surface area contributed by atoms with Crippen LogP contribution in [0.1, 0.15) is 32.1 Å². The fourth-order valence-corrected chi connectivity index (χ4v) is 5.31. The number of quaternary nitrogens is 1. The molecule has 1 unspecified atom stereocenters. The van der Waals surface area contributed by atoms with Gasteiger partial charge in [-0.1, -0.05) is 0 Å². The SMILES string of the molecule is C[N+](C)(C)C1CC2(CC2)SC12CC2.[I-]. The molecule has 0 aromatic heterocycles. The minimum Gasteiger partial charge on any atom is -1.00 e. The zero-order chi connectivity index (χ0) is 9.32. The average molecular weight is 325 g/mol. The van der Waals surface area contributed by atoms with Gasteiger partial charge in [-0.15, -0.1) is 11.8 Å². The zero-order valence-corrected chi connectivity index (χ0v) is 12.3. The Hall–Kier alpha value is 1.04. The van der Waals surface area contributed by atoms with Gasteiger partial charge in [-0.3, -0.25) is 0 Å². The van der Waals surface area contributed by atoms with Gasteiger partial charge in [-0.05, 0) is 25.7 Å². The summed E-state index contributed by atoms with van der Waals surface area (Å²) in [5.74, 6) is 0. The van der Waals surface area contributed by atoms with E-state index in [1.165, 1.54) is 36.6 Å². The Labute approximate surface area is 109 Å². The molecule has 1 atom stereocenters. The molecular formula is C11H20INS. The zero-order valence-electron chi connectivity index (χ0n) is 9.35. The molecule has 0 radical (unpaired) electrons. The predicted molar refractivity (Wildman–Crippen MR) is 58.0 cm³/mol. The minimum absolute atomic E-state index is 0. The lowest BCUT2D eigenvalue weighted by Gasteiger charge is -2.35. The van der Waals surface area contributed by atoms with E-state index in [0.29, 0.717) is 0 Å². The molecule has 3 heteroatoms. The lowest BCUT2D eigenvalue weighted by Crippen LogP contribution is -3.00. The van der Waals surface area contributed by atoms with E-state index in [1.54, 1.807) is 0 Å². The van der Waals surface area contributed by atoms with Crippen LogP contribution in [-0.4, -0.2) is 41.2 Å². The summed E-state index contributed by atoms with van der Waals surface area (Å²) in [4.78, 5) is 0. The van der Waals surface area contributed by atoms with E-state index in [4.69, 9.17) is 0 Å². The van der Waals surface area contributed by atoms with Crippen LogP contribution in [-0.2, 0) is 0 Å². The van der Waals surface area contributed by atoms with E-state index in [1.807, 2.05) is 0 Å². The highest BCUT2D eigenvalue weighted by atomic mass is 127. The van der Waals surface area contributed by atoms with E-state index in [0.717, 1.165) is 15.5 Å². The molecular weight excluding hydrogens is 305 g/mol. The molecule has 0 amide bonds. The molecule has 1 nitrogen and oxygen atoms in total. The van der Waals surface area contributed by atoms with E-state index < -0.39 is 0 Å². The van der Waals surface area contributed by atoms with Crippen LogP contribution >= 0.6 is 11.8 Å². The normalized spacial score (nSPS) is 35.8. The molecule has 0 N–H and O–H groups in total. The van der Waals surface area contributed by atoms with Crippen LogP contribution in [0.4, 0.5) is 0 Å². The van der Waals surface area contributed by atoms with Crippen molar-refractivity contribution in [3.8, 4) is 0 Å². The summed E-state index contributed by atoms with van der Waals surface area (Å²) in [6.45, 7) is 0. The van der Waals surface area contributed by atoms with Crippen LogP contribution < -0.4 is 24.0 Å². The standard InChI is InChI=1S/C11H20NS.HI/c1-12(2,3)9-8-10(4-5-10)13-11(9)6-7-11;/h9H,4-8H2,1-3H3;1H/q+1;/p-1. The monoisotopic (exact) mass is 325 g/mol. The van der Waals surface area contributed by atoms with Gasteiger partial charge in [0.25, 0.3) is 0 Å². The first kappa shape index (κ1) is 11.5. The van der Waals surface area contributed by atoms with Crippen molar-refractivity contribution in [3.05, 3.63) is 0 Å². The van der Waals surface area contributed by atoms with Crippen molar-refractivity contribution in [1.82, 2.24) is 0 Å². The topological polar surface area (TPSA) is 0 Å². The van der Waals surface area contributed by atoms with Crippen molar-refractivity contribution >= 4 is 11.8 Å². The lowest BCUT2D eigenvalue weighted by atomic mass is 10.0. The Bertz CT molecular complexity index is 251. The first-order valence-corrected chi connectivity index (χ1v) is 6.29. The second kappa shape index (κ2) is 3.04. The summed E-state index contributed by atoms with van der Waals surface area (Å²) in [7, 11) is 7.14. The molecule has 1 heterocycles. The lowest BCUT2D eigenvalue weighted by molar-refractivity contribution is -0.896. The maximum Gasteiger partial charge on any atom is 0.105 e. The van der Waals surface area contributed by atoms with Crippen molar-refractivity contribution in [2.75, 3.05) is 21.1 Å². The van der Waals surface area contributed by atoms with Gasteiger partial charge in [-0.25, -0.2) is 0 Å². The van der Waals surface area contributed by atoms with Crippen LogP contribution in [0, 0.1) is 0 Å². The largest absolute Gasteiger partial charge is 1.00 e. The third-order valence-electron chi connectivity index (χ3n) is 4.08. The maximum absolute atomic E-state index is 2.38. The smallest absolute Gasteiger partial charge is 0.105 e. The highest BCUT2D eigenvalue weighted by Crippen LogP contribution is 2.72. The Morgan fingerprint density at radius 3 is 1.93 bits per heavy atom. The van der Waals surface area contributed by atoms with Gasteiger partial charge in [-0.2, -0.15) is 0 Å². The van der Waals surface area contributed by atoms with Crippen LogP contribution in [0.3, 0.4) is 0 Å². The quantitative estimate of drug-likeness (QED) is 0.452. The first-order chi connectivity index (χ1) is 5.96. The Morgan fingerprint density at radius 2 is 1.64 bits per heavy atom. The average Bonchev–Trinajstić information content (AvgIpc) is 2.79. The van der Waals surface area contributed by atoms with E-state index in [2.05, 4.69) is 32.9 Å². The third kappa shape index (κ3) is 1.63. The summed E-state index contributed by atoms with van der Waals surface area (Å²) < 4.78 is 2.69. The molecule has 2 spiro atoms. The summed E-state index contributed by atoms with van der Waals surface area (Å²) in [5, 5.41) is 0. The minimum atomic E-state index is 0. The Kier molecular flexibility index (Phi) is 2.50. The molecule has 1 aliphatic heterocycles. The summed E-state index contributed by atoms with van der Waals surface area (Å²) >= 11 is 2.37. The second-order valence-electron chi connectivity index (χ2n) is 6.19. The summed E-state index contributed by atoms with van der Waals surface area (Å²) in [5.41, 5.74) is 0. The van der Waals surface area contributed by atoms with Crippen molar-refractivity contribution in [2.24, 2.45) is 0 Å². The third-order valence-corrected chi connectivity index (χ3v) is 6.17. The fourth-order valence-electron chi connectivity index (χ4n) is 3.06. The summed E-state index contributed by atoms with van der Waals surface area (Å²) in [6, 6.07) is 0.944. The number of rotatable bonds is 1. The molecule has 0 aromatic carbocycles. The second-order valence-corrected chi connectivity index (χ2v) is 8.07. The maximum atomic E-state index is 2.38. The van der Waals surface area contributed by atoms with E-state index in [9.17, 15) is 0 Å². The number of hydrogen-bond acceptors (Lipinski definition) is 1. The fraction of sp³-hybridized carbons (Fsp3) is 1.00. The van der Waals surface area contributed by atoms with Crippen LogP contribution in [0.5, 0.6) is 0 Å². The number of nitrogens with zero attached hydrogens (tertiary/aromatic N) is 1. The summed E-state index contributed by atoms with van der Waals surface area (Å²) in [6.07, 6.45) is 7.52. The van der Waals surface area contributed by atoms with Gasteiger partial charge in [0.2, 0.25) is 0 Å². The Morgan fingerprint density at radius 1 is 1.07 bits per heavy atom. The van der Waals surface area contributed by atoms with Crippen molar-refractivity contribution in [2.45, 2.75) is 47.6 Å². The van der Waals surface area contributed by atoms with Gasteiger partial charge < -0.3 is 28.5 Å². The molecule has 1 saturated heterocycles. The number of hydrogen-bond donors (Lipinski definition) is 0. The van der Waals surface area contributed by atoms with Crippen molar-refractivity contribution < 1.29 is 28.5 Å². The number of thioether (sulfide) groups is 1. The van der Waals surface area contributed by atoms with Gasteiger partial charge in [0.15, 0.2) is 0 Å². The number of halogens is 1. The molecule has 3 rings (SSSR count). The van der Waals surface area contributed by atoms with Gasteiger partial charge >= 0.3 is 0 Å². The van der Waals surface area contributed by atoms with Crippen LogP contribution in [0.25, 0.3) is 0 Å². The molecule has 82 valence electrons. The molecule has 2 saturated carbocycles. The van der Waals surface area contributed by atoms with Crippen LogP contribution in [0.2, 0.25) is 0 Å². The van der Waals surface area contributed by atoms with Gasteiger partial charge in [0, 0.05) is 11.2 Å². The van der Waals surface area contributed by atoms with Crippen molar-refractivity contribution in [1.29, 1.82) is 0 Å². The predicted octanol–water partition coefficient (Wildman–Crippen LogP) is -0.733. The highest BCUT2D eigenvalue weighted by molar-refractivity contribution is 8.02. The van der Waals surface area contributed by atoms with E-state index in [-0.39, 0.29) is 24.0 Å². The molecule has 2 aliphatic carbocycles. The molecule has 14 heavy (non-hydrogen) atoms. The molecule has 0 aromatic rings. The van der Waals surface area contributed by atoms with Gasteiger partial charge in [0.1, 0.15) is 6.04 Å². The Balaban J connectivity index is 0.000000750. The molecule has 0 bridgehead atoms. The van der Waals surface area contributed by atoms with E-state index >= 15 is 0 Å². The van der Waals surface area contributed by atoms with Gasteiger partial charge in [0.05, 0.1) is 25.9 Å².